The molecule has 22 heavy (non-hydrogen) atoms. The Morgan fingerprint density at radius 1 is 1.18 bits per heavy atom. The zero-order valence-corrected chi connectivity index (χ0v) is 13.1. The SMILES string of the molecule is C=CCC(CC=C)C(=O)N(CC(=O)O)Cc1ccc(Cl)cc1. The predicted octanol–water partition coefficient (Wildman–Crippen LogP) is 3.52. The average molecular weight is 322 g/mol. The molecule has 0 unspecified atom stereocenters. The molecule has 0 radical (unpaired) electrons. The molecule has 0 spiro atoms. The van der Waals surface area contributed by atoms with Crippen molar-refractivity contribution in [2.24, 2.45) is 5.92 Å². The Morgan fingerprint density at radius 3 is 2.18 bits per heavy atom. The van der Waals surface area contributed by atoms with Crippen molar-refractivity contribution in [2.45, 2.75) is 19.4 Å². The first-order valence-corrected chi connectivity index (χ1v) is 7.32. The van der Waals surface area contributed by atoms with Gasteiger partial charge >= 0.3 is 5.97 Å². The van der Waals surface area contributed by atoms with Crippen molar-refractivity contribution >= 4 is 23.5 Å². The summed E-state index contributed by atoms with van der Waals surface area (Å²) in [6.07, 6.45) is 4.30. The average Bonchev–Trinajstić information content (AvgIpc) is 2.47. The van der Waals surface area contributed by atoms with E-state index in [9.17, 15) is 9.59 Å². The maximum Gasteiger partial charge on any atom is 0.323 e. The first kappa shape index (κ1) is 18.0. The van der Waals surface area contributed by atoms with Crippen LogP contribution in [-0.4, -0.2) is 28.4 Å². The fourth-order valence-corrected chi connectivity index (χ4v) is 2.27. The molecule has 0 aromatic heterocycles. The second-order valence-corrected chi connectivity index (χ2v) is 5.40. The van der Waals surface area contributed by atoms with Crippen molar-refractivity contribution < 1.29 is 14.7 Å². The van der Waals surface area contributed by atoms with E-state index in [0.717, 1.165) is 5.56 Å². The largest absolute Gasteiger partial charge is 0.480 e. The molecule has 0 fully saturated rings. The van der Waals surface area contributed by atoms with Crippen LogP contribution >= 0.6 is 11.6 Å². The lowest BCUT2D eigenvalue weighted by Crippen LogP contribution is -2.39. The number of hydrogen-bond donors (Lipinski definition) is 1. The van der Waals surface area contributed by atoms with Gasteiger partial charge in [-0.1, -0.05) is 35.9 Å². The Morgan fingerprint density at radius 2 is 1.73 bits per heavy atom. The van der Waals surface area contributed by atoms with Gasteiger partial charge in [0, 0.05) is 17.5 Å². The monoisotopic (exact) mass is 321 g/mol. The van der Waals surface area contributed by atoms with Crippen LogP contribution in [0, 0.1) is 5.92 Å². The number of carboxylic acid groups (broad SMARTS) is 1. The number of rotatable bonds is 9. The van der Waals surface area contributed by atoms with Crippen LogP contribution in [-0.2, 0) is 16.1 Å². The number of hydrogen-bond acceptors (Lipinski definition) is 2. The van der Waals surface area contributed by atoms with Crippen LogP contribution in [0.25, 0.3) is 0 Å². The minimum atomic E-state index is -1.04. The number of benzene rings is 1. The van der Waals surface area contributed by atoms with Crippen molar-refractivity contribution in [1.29, 1.82) is 0 Å². The molecule has 0 saturated heterocycles. The molecule has 1 aromatic carbocycles. The first-order valence-electron chi connectivity index (χ1n) is 6.94. The van der Waals surface area contributed by atoms with Crippen LogP contribution in [0.5, 0.6) is 0 Å². The van der Waals surface area contributed by atoms with Gasteiger partial charge in [-0.3, -0.25) is 9.59 Å². The Balaban J connectivity index is 2.92. The first-order chi connectivity index (χ1) is 10.5. The summed E-state index contributed by atoms with van der Waals surface area (Å²) in [6.45, 7) is 7.17. The Bertz CT molecular complexity index is 529. The highest BCUT2D eigenvalue weighted by Gasteiger charge is 2.24. The van der Waals surface area contributed by atoms with E-state index in [-0.39, 0.29) is 24.9 Å². The van der Waals surface area contributed by atoms with Crippen LogP contribution in [0.1, 0.15) is 18.4 Å². The lowest BCUT2D eigenvalue weighted by Gasteiger charge is -2.25. The van der Waals surface area contributed by atoms with Crippen molar-refractivity contribution in [3.8, 4) is 0 Å². The van der Waals surface area contributed by atoms with Gasteiger partial charge in [0.15, 0.2) is 0 Å². The van der Waals surface area contributed by atoms with Gasteiger partial charge in [-0.2, -0.15) is 0 Å². The number of allylic oxidation sites excluding steroid dienone is 2. The van der Waals surface area contributed by atoms with Crippen LogP contribution in [0.4, 0.5) is 0 Å². The molecule has 118 valence electrons. The lowest BCUT2D eigenvalue weighted by atomic mass is 9.99. The molecule has 0 bridgehead atoms. The van der Waals surface area contributed by atoms with Crippen LogP contribution < -0.4 is 0 Å². The van der Waals surface area contributed by atoms with Gasteiger partial charge in [0.25, 0.3) is 0 Å². The quantitative estimate of drug-likeness (QED) is 0.708. The zero-order chi connectivity index (χ0) is 16.5. The van der Waals surface area contributed by atoms with Crippen LogP contribution in [0.15, 0.2) is 49.6 Å². The summed E-state index contributed by atoms with van der Waals surface area (Å²) in [6, 6.07) is 6.98. The van der Waals surface area contributed by atoms with Gasteiger partial charge in [0.1, 0.15) is 6.54 Å². The highest BCUT2D eigenvalue weighted by molar-refractivity contribution is 6.30. The summed E-state index contributed by atoms with van der Waals surface area (Å²) in [4.78, 5) is 24.9. The van der Waals surface area contributed by atoms with Gasteiger partial charge in [-0.25, -0.2) is 0 Å². The molecule has 5 heteroatoms. The molecule has 0 saturated carbocycles. The molecule has 0 aliphatic heterocycles. The smallest absolute Gasteiger partial charge is 0.323 e. The number of amides is 1. The van der Waals surface area contributed by atoms with Crippen LogP contribution in [0.3, 0.4) is 0 Å². The number of aliphatic carboxylic acids is 1. The van der Waals surface area contributed by atoms with Crippen LogP contribution in [0.2, 0.25) is 5.02 Å². The summed E-state index contributed by atoms with van der Waals surface area (Å²) in [5.74, 6) is -1.59. The van der Waals surface area contributed by atoms with E-state index in [1.54, 1.807) is 36.4 Å². The van der Waals surface area contributed by atoms with E-state index in [0.29, 0.717) is 17.9 Å². The Hall–Kier alpha value is -2.07. The summed E-state index contributed by atoms with van der Waals surface area (Å²) >= 11 is 5.83. The van der Waals surface area contributed by atoms with E-state index >= 15 is 0 Å². The van der Waals surface area contributed by atoms with Gasteiger partial charge < -0.3 is 10.0 Å². The summed E-state index contributed by atoms with van der Waals surface area (Å²) in [5.41, 5.74) is 0.829. The number of halogens is 1. The van der Waals surface area contributed by atoms with Crippen molar-refractivity contribution in [2.75, 3.05) is 6.54 Å². The van der Waals surface area contributed by atoms with Gasteiger partial charge in [-0.15, -0.1) is 13.2 Å². The second-order valence-electron chi connectivity index (χ2n) is 4.96. The fourth-order valence-electron chi connectivity index (χ4n) is 2.14. The standard InChI is InChI=1S/C17H20ClNO3/c1-3-5-14(6-4-2)17(22)19(12-16(20)21)11-13-7-9-15(18)10-8-13/h3-4,7-10,14H,1-2,5-6,11-12H2,(H,20,21). The summed E-state index contributed by atoms with van der Waals surface area (Å²) in [7, 11) is 0. The minimum Gasteiger partial charge on any atom is -0.480 e. The van der Waals surface area contributed by atoms with E-state index in [4.69, 9.17) is 16.7 Å². The fraction of sp³-hybridized carbons (Fsp3) is 0.294. The third kappa shape index (κ3) is 5.74. The third-order valence-electron chi connectivity index (χ3n) is 3.18. The molecule has 4 nitrogen and oxygen atoms in total. The lowest BCUT2D eigenvalue weighted by molar-refractivity contribution is -0.146. The predicted molar refractivity (Wildman–Crippen MR) is 87.6 cm³/mol. The Kier molecular flexibility index (Phi) is 7.40. The summed E-state index contributed by atoms with van der Waals surface area (Å²) < 4.78 is 0. The summed E-state index contributed by atoms with van der Waals surface area (Å²) in [5, 5.41) is 9.63. The highest BCUT2D eigenvalue weighted by Crippen LogP contribution is 2.17. The molecule has 0 heterocycles. The molecule has 1 rings (SSSR count). The van der Waals surface area contributed by atoms with Gasteiger partial charge in [0.05, 0.1) is 0 Å². The molecule has 1 N–H and O–H groups in total. The van der Waals surface area contributed by atoms with E-state index in [2.05, 4.69) is 13.2 Å². The highest BCUT2D eigenvalue weighted by atomic mass is 35.5. The maximum absolute atomic E-state index is 12.6. The molecular weight excluding hydrogens is 302 g/mol. The zero-order valence-electron chi connectivity index (χ0n) is 12.4. The molecule has 0 atom stereocenters. The number of carbonyl (C=O) groups excluding carboxylic acids is 1. The molecular formula is C17H20ClNO3. The van der Waals surface area contributed by atoms with Crippen molar-refractivity contribution in [3.63, 3.8) is 0 Å². The van der Waals surface area contributed by atoms with Gasteiger partial charge in [0.2, 0.25) is 5.91 Å². The molecule has 0 aliphatic rings. The topological polar surface area (TPSA) is 57.6 Å². The number of nitrogens with zero attached hydrogens (tertiary/aromatic N) is 1. The number of carbonyl (C=O) groups is 2. The molecule has 1 aromatic rings. The number of carboxylic acids is 1. The third-order valence-corrected chi connectivity index (χ3v) is 3.43. The van der Waals surface area contributed by atoms with Gasteiger partial charge in [-0.05, 0) is 30.5 Å². The van der Waals surface area contributed by atoms with E-state index in [1.807, 2.05) is 0 Å². The van der Waals surface area contributed by atoms with Crippen molar-refractivity contribution in [1.82, 2.24) is 4.90 Å². The Labute approximate surface area is 135 Å². The normalized spacial score (nSPS) is 10.3. The second kappa shape index (κ2) is 9.05. The van der Waals surface area contributed by atoms with E-state index < -0.39 is 5.97 Å². The van der Waals surface area contributed by atoms with E-state index in [1.165, 1.54) is 4.90 Å². The molecule has 0 aliphatic carbocycles. The minimum absolute atomic E-state index is 0.211. The molecule has 1 amide bonds. The maximum atomic E-state index is 12.6. The van der Waals surface area contributed by atoms with Crippen molar-refractivity contribution in [3.05, 3.63) is 60.2 Å².